The predicted octanol–water partition coefficient (Wildman–Crippen LogP) is 3.75. The molecule has 118 valence electrons. The van der Waals surface area contributed by atoms with Crippen LogP contribution in [0.2, 0.25) is 5.02 Å². The second kappa shape index (κ2) is 5.93. The molecule has 0 radical (unpaired) electrons. The number of benzene rings is 2. The smallest absolute Gasteiger partial charge is 0.329 e. The van der Waals surface area contributed by atoms with Crippen LogP contribution in [0.4, 0.5) is 10.5 Å². The zero-order valence-corrected chi connectivity index (χ0v) is 12.9. The van der Waals surface area contributed by atoms with Crippen LogP contribution in [0.15, 0.2) is 48.5 Å². The first-order valence-electron chi connectivity index (χ1n) is 7.18. The maximum Gasteiger partial charge on any atom is 0.329 e. The Hall–Kier alpha value is -2.53. The van der Waals surface area contributed by atoms with Gasteiger partial charge in [-0.15, -0.1) is 0 Å². The average Bonchev–Trinajstić information content (AvgIpc) is 3.31. The van der Waals surface area contributed by atoms with E-state index in [1.54, 1.807) is 18.2 Å². The van der Waals surface area contributed by atoms with E-state index in [4.69, 9.17) is 16.7 Å². The summed E-state index contributed by atoms with van der Waals surface area (Å²) < 4.78 is 0. The molecule has 0 spiro atoms. The van der Waals surface area contributed by atoms with Crippen molar-refractivity contribution in [3.8, 4) is 11.1 Å². The molecule has 5 nitrogen and oxygen atoms in total. The van der Waals surface area contributed by atoms with Crippen molar-refractivity contribution in [2.45, 2.75) is 18.4 Å². The molecule has 0 saturated heterocycles. The Morgan fingerprint density at radius 2 is 1.78 bits per heavy atom. The molecule has 0 bridgehead atoms. The van der Waals surface area contributed by atoms with Crippen molar-refractivity contribution in [2.24, 2.45) is 0 Å². The van der Waals surface area contributed by atoms with Crippen molar-refractivity contribution in [1.82, 2.24) is 5.32 Å². The number of anilines is 1. The number of nitrogens with one attached hydrogen (secondary N) is 2. The number of urea groups is 1. The van der Waals surface area contributed by atoms with E-state index in [2.05, 4.69) is 10.6 Å². The summed E-state index contributed by atoms with van der Waals surface area (Å²) in [5.41, 5.74) is 1.13. The van der Waals surface area contributed by atoms with Crippen molar-refractivity contribution >= 4 is 29.3 Å². The molecule has 3 rings (SSSR count). The predicted molar refractivity (Wildman–Crippen MR) is 88.6 cm³/mol. The Labute approximate surface area is 138 Å². The van der Waals surface area contributed by atoms with Crippen LogP contribution >= 0.6 is 11.6 Å². The lowest BCUT2D eigenvalue weighted by molar-refractivity contribution is -0.140. The van der Waals surface area contributed by atoms with Gasteiger partial charge in [0.1, 0.15) is 5.54 Å². The summed E-state index contributed by atoms with van der Waals surface area (Å²) in [5.74, 6) is -1.01. The zero-order chi connectivity index (χ0) is 16.4. The number of amides is 2. The van der Waals surface area contributed by atoms with Crippen LogP contribution in [0.5, 0.6) is 0 Å². The van der Waals surface area contributed by atoms with Crippen molar-refractivity contribution in [1.29, 1.82) is 0 Å². The highest BCUT2D eigenvalue weighted by molar-refractivity contribution is 6.31. The summed E-state index contributed by atoms with van der Waals surface area (Å²) >= 11 is 6.06. The lowest BCUT2D eigenvalue weighted by Crippen LogP contribution is -2.45. The van der Waals surface area contributed by atoms with Gasteiger partial charge in [-0.05, 0) is 36.6 Å². The molecule has 1 saturated carbocycles. The normalized spacial score (nSPS) is 14.8. The molecule has 1 aliphatic rings. The van der Waals surface area contributed by atoms with E-state index >= 15 is 0 Å². The van der Waals surface area contributed by atoms with Crippen molar-refractivity contribution in [3.05, 3.63) is 53.6 Å². The highest BCUT2D eigenvalue weighted by Gasteiger charge is 2.51. The minimum absolute atomic E-state index is 0.446. The lowest BCUT2D eigenvalue weighted by atomic mass is 10.0. The van der Waals surface area contributed by atoms with Gasteiger partial charge in [0.05, 0.1) is 5.69 Å². The first-order chi connectivity index (χ1) is 11.0. The Morgan fingerprint density at radius 1 is 1.09 bits per heavy atom. The maximum atomic E-state index is 12.1. The third-order valence-electron chi connectivity index (χ3n) is 3.83. The summed E-state index contributed by atoms with van der Waals surface area (Å²) in [6.45, 7) is 0. The minimum atomic E-state index is -1.12. The molecule has 3 N–H and O–H groups in total. The van der Waals surface area contributed by atoms with E-state index in [0.717, 1.165) is 11.1 Å². The van der Waals surface area contributed by atoms with Crippen molar-refractivity contribution < 1.29 is 14.7 Å². The van der Waals surface area contributed by atoms with E-state index in [1.807, 2.05) is 30.3 Å². The van der Waals surface area contributed by atoms with Gasteiger partial charge in [-0.3, -0.25) is 0 Å². The summed E-state index contributed by atoms with van der Waals surface area (Å²) in [6, 6.07) is 14.1. The van der Waals surface area contributed by atoms with E-state index in [0.29, 0.717) is 23.6 Å². The highest BCUT2D eigenvalue weighted by Crippen LogP contribution is 2.36. The highest BCUT2D eigenvalue weighted by atomic mass is 35.5. The Bertz CT molecular complexity index is 758. The SMILES string of the molecule is O=C(Nc1ccc(Cl)cc1-c1ccccc1)NC1(C(=O)O)CC1. The Morgan fingerprint density at radius 3 is 2.39 bits per heavy atom. The molecule has 2 amide bonds. The maximum absolute atomic E-state index is 12.1. The summed E-state index contributed by atoms with van der Waals surface area (Å²) in [6.07, 6.45) is 0.893. The van der Waals surface area contributed by atoms with Crippen molar-refractivity contribution in [2.75, 3.05) is 5.32 Å². The number of halogens is 1. The number of carbonyl (C=O) groups excluding carboxylic acids is 1. The first kappa shape index (κ1) is 15.4. The molecule has 1 fully saturated rings. The van der Waals surface area contributed by atoms with Crippen LogP contribution in [0.25, 0.3) is 11.1 Å². The molecular formula is C17H15ClN2O3. The van der Waals surface area contributed by atoms with E-state index in [9.17, 15) is 9.59 Å². The molecular weight excluding hydrogens is 316 g/mol. The van der Waals surface area contributed by atoms with Gasteiger partial charge in [0, 0.05) is 10.6 Å². The number of carbonyl (C=O) groups is 2. The topological polar surface area (TPSA) is 78.4 Å². The van der Waals surface area contributed by atoms with Crippen molar-refractivity contribution in [3.63, 3.8) is 0 Å². The monoisotopic (exact) mass is 330 g/mol. The fourth-order valence-corrected chi connectivity index (χ4v) is 2.54. The third-order valence-corrected chi connectivity index (χ3v) is 4.06. The Kier molecular flexibility index (Phi) is 3.96. The third kappa shape index (κ3) is 3.29. The molecule has 0 aromatic heterocycles. The number of hydrogen-bond donors (Lipinski definition) is 3. The second-order valence-corrected chi connectivity index (χ2v) is 5.96. The van der Waals surface area contributed by atoms with Gasteiger partial charge in [0.2, 0.25) is 0 Å². The fraction of sp³-hybridized carbons (Fsp3) is 0.176. The zero-order valence-electron chi connectivity index (χ0n) is 12.2. The van der Waals surface area contributed by atoms with Gasteiger partial charge in [0.15, 0.2) is 0 Å². The summed E-state index contributed by atoms with van der Waals surface area (Å²) in [5, 5.41) is 14.9. The van der Waals surface area contributed by atoms with Crippen LogP contribution < -0.4 is 10.6 Å². The van der Waals surface area contributed by atoms with Crippen LogP contribution in [0, 0.1) is 0 Å². The van der Waals surface area contributed by atoms with Gasteiger partial charge < -0.3 is 15.7 Å². The van der Waals surface area contributed by atoms with Crippen LogP contribution in [-0.4, -0.2) is 22.6 Å². The fourth-order valence-electron chi connectivity index (χ4n) is 2.37. The van der Waals surface area contributed by atoms with Crippen LogP contribution in [0.3, 0.4) is 0 Å². The number of carboxylic acid groups (broad SMARTS) is 1. The molecule has 0 atom stereocenters. The lowest BCUT2D eigenvalue weighted by Gasteiger charge is -2.16. The molecule has 1 aliphatic carbocycles. The quantitative estimate of drug-likeness (QED) is 0.799. The molecule has 23 heavy (non-hydrogen) atoms. The number of rotatable bonds is 4. The van der Waals surface area contributed by atoms with Gasteiger partial charge in [-0.2, -0.15) is 0 Å². The summed E-state index contributed by atoms with van der Waals surface area (Å²) in [4.78, 5) is 23.3. The van der Waals surface area contributed by atoms with E-state index in [1.165, 1.54) is 0 Å². The molecule has 2 aromatic carbocycles. The first-order valence-corrected chi connectivity index (χ1v) is 7.55. The number of carboxylic acids is 1. The average molecular weight is 331 g/mol. The molecule has 0 unspecified atom stereocenters. The van der Waals surface area contributed by atoms with E-state index in [-0.39, 0.29) is 0 Å². The molecule has 2 aromatic rings. The van der Waals surface area contributed by atoms with Gasteiger partial charge in [0.25, 0.3) is 0 Å². The minimum Gasteiger partial charge on any atom is -0.480 e. The van der Waals surface area contributed by atoms with Crippen LogP contribution in [0.1, 0.15) is 12.8 Å². The Balaban J connectivity index is 1.83. The second-order valence-electron chi connectivity index (χ2n) is 5.52. The van der Waals surface area contributed by atoms with Gasteiger partial charge in [-0.1, -0.05) is 41.9 Å². The molecule has 0 heterocycles. The number of hydrogen-bond acceptors (Lipinski definition) is 2. The van der Waals surface area contributed by atoms with Gasteiger partial charge in [-0.25, -0.2) is 9.59 Å². The van der Waals surface area contributed by atoms with Gasteiger partial charge >= 0.3 is 12.0 Å². The largest absolute Gasteiger partial charge is 0.480 e. The summed E-state index contributed by atoms with van der Waals surface area (Å²) in [7, 11) is 0. The molecule has 0 aliphatic heterocycles. The van der Waals surface area contributed by atoms with Crippen LogP contribution in [-0.2, 0) is 4.79 Å². The van der Waals surface area contributed by atoms with E-state index < -0.39 is 17.5 Å². The number of aliphatic carboxylic acids is 1. The standard InChI is InChI=1S/C17H15ClN2O3/c18-12-6-7-14(13(10-12)11-4-2-1-3-5-11)19-16(23)20-17(8-9-17)15(21)22/h1-7,10H,8-9H2,(H,21,22)(H2,19,20,23). The molecule has 6 heteroatoms.